The van der Waals surface area contributed by atoms with Gasteiger partial charge in [0.2, 0.25) is 5.91 Å². The standard InChI is InChI=1S/C74H123NO10/c1-4-7-10-13-16-19-22-25-27-29-31-32-33-34-35-36-37-39-41-44-47-50-53-56-59-62-69(79)85-72-71(81)70(80)68(63-76)84-74(72)83-64-65(66(77)60-57-54-51-48-45-42-24-21-18-15-12-9-6-3)75-73(82)67(78)61-58-55-52-49-46-43-40-38-30-28-26-23-20-17-14-11-8-5-2/h7,10,16-17,19-20,25-28,31-32,34-35,37-40,46,49,57,60,65-68,70-72,74,76-78,80-81H,4-6,8-9,11-15,18,21-24,29-30,33,36,41-45,47-48,50-56,58-59,61-64H2,1-3H3,(H,75,82)/b10-7-,19-16-,20-17-,27-25-,28-26-,32-31-,35-34-,39-37-,40-38-,49-46-,60-57+. The first-order chi connectivity index (χ1) is 41.7. The normalized spacial score (nSPS) is 19.3. The van der Waals surface area contributed by atoms with Gasteiger partial charge < -0.3 is 45.1 Å². The number of nitrogens with one attached hydrogen (secondary N) is 1. The minimum atomic E-state index is -1.64. The highest BCUT2D eigenvalue weighted by molar-refractivity contribution is 5.80. The smallest absolute Gasteiger partial charge is 0.306 e. The average Bonchev–Trinajstić information content (AvgIpc) is 3.34. The fourth-order valence-electron chi connectivity index (χ4n) is 9.70. The average molecular weight is 1190 g/mol. The number of esters is 1. The third-order valence-corrected chi connectivity index (χ3v) is 15.0. The highest BCUT2D eigenvalue weighted by Crippen LogP contribution is 2.26. The molecule has 11 heteroatoms. The molecule has 1 aliphatic heterocycles. The molecule has 8 atom stereocenters. The van der Waals surface area contributed by atoms with E-state index < -0.39 is 67.4 Å². The van der Waals surface area contributed by atoms with Gasteiger partial charge in [-0.25, -0.2) is 0 Å². The molecule has 0 aromatic carbocycles. The largest absolute Gasteiger partial charge is 0.454 e. The summed E-state index contributed by atoms with van der Waals surface area (Å²) in [5.74, 6) is -1.25. The van der Waals surface area contributed by atoms with E-state index in [1.54, 1.807) is 6.08 Å². The van der Waals surface area contributed by atoms with E-state index in [4.69, 9.17) is 14.2 Å². The minimum Gasteiger partial charge on any atom is -0.454 e. The van der Waals surface area contributed by atoms with Gasteiger partial charge in [0.15, 0.2) is 12.4 Å². The number of hydrogen-bond acceptors (Lipinski definition) is 10. The minimum absolute atomic E-state index is 0.0940. The second kappa shape index (κ2) is 60.1. The van der Waals surface area contributed by atoms with Crippen molar-refractivity contribution >= 4 is 11.9 Å². The van der Waals surface area contributed by atoms with E-state index in [2.05, 4.69) is 148 Å². The number of amides is 1. The molecular formula is C74H123NO10. The Morgan fingerprint density at radius 2 is 0.847 bits per heavy atom. The maximum absolute atomic E-state index is 13.5. The summed E-state index contributed by atoms with van der Waals surface area (Å²) in [6.07, 6.45) is 74.8. The summed E-state index contributed by atoms with van der Waals surface area (Å²) < 4.78 is 17.6. The Morgan fingerprint density at radius 3 is 1.29 bits per heavy atom. The maximum atomic E-state index is 13.5. The summed E-state index contributed by atoms with van der Waals surface area (Å²) in [4.78, 5) is 26.6. The van der Waals surface area contributed by atoms with E-state index in [0.717, 1.165) is 141 Å². The quantitative estimate of drug-likeness (QED) is 0.0195. The van der Waals surface area contributed by atoms with E-state index in [9.17, 15) is 35.1 Å². The van der Waals surface area contributed by atoms with Gasteiger partial charge in [0.1, 0.15) is 24.4 Å². The van der Waals surface area contributed by atoms with E-state index >= 15 is 0 Å². The van der Waals surface area contributed by atoms with Gasteiger partial charge in [0.25, 0.3) is 0 Å². The van der Waals surface area contributed by atoms with Crippen LogP contribution in [0.5, 0.6) is 0 Å². The van der Waals surface area contributed by atoms with Crippen LogP contribution in [0.25, 0.3) is 0 Å². The number of carbonyl (C=O) groups excluding carboxylic acids is 2. The molecule has 8 unspecified atom stereocenters. The lowest BCUT2D eigenvalue weighted by Crippen LogP contribution is -2.61. The summed E-state index contributed by atoms with van der Waals surface area (Å²) >= 11 is 0. The molecule has 0 aromatic heterocycles. The lowest BCUT2D eigenvalue weighted by Gasteiger charge is -2.41. The molecule has 1 fully saturated rings. The third kappa shape index (κ3) is 47.5. The Morgan fingerprint density at radius 1 is 0.471 bits per heavy atom. The molecule has 0 aromatic rings. The van der Waals surface area contributed by atoms with Crippen molar-refractivity contribution in [3.63, 3.8) is 0 Å². The van der Waals surface area contributed by atoms with Gasteiger partial charge in [-0.15, -0.1) is 0 Å². The van der Waals surface area contributed by atoms with Gasteiger partial charge in [0.05, 0.1) is 25.4 Å². The van der Waals surface area contributed by atoms with Gasteiger partial charge in [-0.05, 0) is 122 Å². The van der Waals surface area contributed by atoms with Gasteiger partial charge in [-0.1, -0.05) is 264 Å². The number of carbonyl (C=O) groups is 2. The molecule has 0 radical (unpaired) electrons. The van der Waals surface area contributed by atoms with Crippen LogP contribution in [0.15, 0.2) is 134 Å². The van der Waals surface area contributed by atoms with Crippen LogP contribution < -0.4 is 5.32 Å². The Balaban J connectivity index is 2.67. The monoisotopic (exact) mass is 1190 g/mol. The predicted octanol–water partition coefficient (Wildman–Crippen LogP) is 17.2. The maximum Gasteiger partial charge on any atom is 0.306 e. The van der Waals surface area contributed by atoms with Crippen LogP contribution in [0.4, 0.5) is 0 Å². The first kappa shape index (κ1) is 78.8. The van der Waals surface area contributed by atoms with Crippen molar-refractivity contribution in [1.82, 2.24) is 5.32 Å². The lowest BCUT2D eigenvalue weighted by atomic mass is 9.99. The number of unbranched alkanes of at least 4 members (excludes halogenated alkanes) is 22. The number of hydrogen-bond donors (Lipinski definition) is 6. The number of allylic oxidation sites excluding steroid dienone is 21. The SMILES string of the molecule is CC/C=C\C/C=C\C/C=C\C/C=C\C/C=C\C/C=C\CCCCCCCCC(=O)OC1C(OCC(NC(=O)C(O)CCCC/C=C\C/C=C\C/C=C\C/C=C\CCCCC)C(O)/C=C/CCCCCCCCCCCCC)OC(CO)C(O)C1O. The molecule has 1 saturated heterocycles. The molecule has 0 bridgehead atoms. The molecule has 11 nitrogen and oxygen atoms in total. The van der Waals surface area contributed by atoms with Crippen molar-refractivity contribution in [3.8, 4) is 0 Å². The molecule has 484 valence electrons. The van der Waals surface area contributed by atoms with Crippen LogP contribution in [0, 0.1) is 0 Å². The van der Waals surface area contributed by atoms with Crippen LogP contribution in [0.2, 0.25) is 0 Å². The molecule has 1 amide bonds. The Hall–Kier alpha value is -4.20. The van der Waals surface area contributed by atoms with E-state index in [1.165, 1.54) is 70.6 Å². The zero-order chi connectivity index (χ0) is 61.7. The molecule has 0 saturated carbocycles. The van der Waals surface area contributed by atoms with E-state index in [1.807, 2.05) is 6.08 Å². The first-order valence-corrected chi connectivity index (χ1v) is 34.0. The van der Waals surface area contributed by atoms with E-state index in [-0.39, 0.29) is 19.4 Å². The first-order valence-electron chi connectivity index (χ1n) is 34.0. The fourth-order valence-corrected chi connectivity index (χ4v) is 9.70. The molecule has 1 aliphatic rings. The van der Waals surface area contributed by atoms with Crippen molar-refractivity contribution < 1.29 is 49.3 Å². The Labute approximate surface area is 518 Å². The summed E-state index contributed by atoms with van der Waals surface area (Å²) in [6.45, 7) is 5.62. The molecular weight excluding hydrogens is 1060 g/mol. The molecule has 6 N–H and O–H groups in total. The third-order valence-electron chi connectivity index (χ3n) is 15.0. The van der Waals surface area contributed by atoms with Crippen LogP contribution in [-0.2, 0) is 23.8 Å². The highest BCUT2D eigenvalue weighted by atomic mass is 16.7. The molecule has 1 heterocycles. The van der Waals surface area contributed by atoms with Gasteiger partial charge in [-0.2, -0.15) is 0 Å². The molecule has 0 spiro atoms. The van der Waals surface area contributed by atoms with Crippen molar-refractivity contribution in [3.05, 3.63) is 134 Å². The molecule has 0 aliphatic carbocycles. The van der Waals surface area contributed by atoms with Crippen LogP contribution in [-0.4, -0.2) is 99.6 Å². The summed E-state index contributed by atoms with van der Waals surface area (Å²) in [6, 6.07) is -1.05. The zero-order valence-corrected chi connectivity index (χ0v) is 53.7. The highest BCUT2D eigenvalue weighted by Gasteiger charge is 2.47. The van der Waals surface area contributed by atoms with E-state index in [0.29, 0.717) is 12.8 Å². The lowest BCUT2D eigenvalue weighted by molar-refractivity contribution is -0.305. The van der Waals surface area contributed by atoms with Crippen LogP contribution in [0.1, 0.15) is 258 Å². The topological polar surface area (TPSA) is 175 Å². The van der Waals surface area contributed by atoms with Gasteiger partial charge >= 0.3 is 5.97 Å². The van der Waals surface area contributed by atoms with Crippen molar-refractivity contribution in [1.29, 1.82) is 0 Å². The molecule has 85 heavy (non-hydrogen) atoms. The Kier molecular flexibility index (Phi) is 55.7. The number of ether oxygens (including phenoxy) is 3. The number of aliphatic hydroxyl groups is 5. The van der Waals surface area contributed by atoms with Crippen molar-refractivity contribution in [2.24, 2.45) is 0 Å². The van der Waals surface area contributed by atoms with Gasteiger partial charge in [0, 0.05) is 6.42 Å². The number of rotatable bonds is 56. The second-order valence-electron chi connectivity index (χ2n) is 22.8. The predicted molar refractivity (Wildman–Crippen MR) is 356 cm³/mol. The van der Waals surface area contributed by atoms with Gasteiger partial charge in [-0.3, -0.25) is 9.59 Å². The Bertz CT molecular complexity index is 1890. The molecule has 1 rings (SSSR count). The van der Waals surface area contributed by atoms with Crippen LogP contribution in [0.3, 0.4) is 0 Å². The zero-order valence-electron chi connectivity index (χ0n) is 53.7. The van der Waals surface area contributed by atoms with Crippen molar-refractivity contribution in [2.75, 3.05) is 13.2 Å². The van der Waals surface area contributed by atoms with Crippen LogP contribution >= 0.6 is 0 Å². The summed E-state index contributed by atoms with van der Waals surface area (Å²) in [5.41, 5.74) is 0. The summed E-state index contributed by atoms with van der Waals surface area (Å²) in [5, 5.41) is 57.1. The van der Waals surface area contributed by atoms with Crippen molar-refractivity contribution in [2.45, 2.75) is 307 Å². The second-order valence-corrected chi connectivity index (χ2v) is 22.8. The summed E-state index contributed by atoms with van der Waals surface area (Å²) in [7, 11) is 0. The fraction of sp³-hybridized carbons (Fsp3) is 0.676. The number of aliphatic hydroxyl groups excluding tert-OH is 5.